The number of rotatable bonds is 3. The molecule has 1 atom stereocenters. The molecular weight excluding hydrogens is 341 g/mol. The molecule has 1 unspecified atom stereocenters. The molecule has 1 aromatic heterocycles. The summed E-state index contributed by atoms with van der Waals surface area (Å²) >= 11 is 0. The van der Waals surface area contributed by atoms with Crippen LogP contribution in [-0.2, 0) is 12.6 Å². The van der Waals surface area contributed by atoms with Crippen molar-refractivity contribution in [2.24, 2.45) is 0 Å². The van der Waals surface area contributed by atoms with Crippen LogP contribution in [-0.4, -0.2) is 39.8 Å². The van der Waals surface area contributed by atoms with Gasteiger partial charge in [0.15, 0.2) is 5.69 Å². The quantitative estimate of drug-likeness (QED) is 0.673. The Kier molecular flexibility index (Phi) is 4.11. The minimum Gasteiger partial charge on any atom is -0.476 e. The topological polar surface area (TPSA) is 107 Å². The summed E-state index contributed by atoms with van der Waals surface area (Å²) in [7, 11) is 0. The van der Waals surface area contributed by atoms with Gasteiger partial charge in [0.25, 0.3) is 5.91 Å². The number of halogens is 3. The molecule has 0 aliphatic carbocycles. The number of amides is 1. The number of aromatic amines is 1. The van der Waals surface area contributed by atoms with E-state index in [1.54, 1.807) is 0 Å². The Morgan fingerprint density at radius 2 is 2.08 bits per heavy atom. The summed E-state index contributed by atoms with van der Waals surface area (Å²) in [4.78, 5) is 23.3. The first kappa shape index (κ1) is 16.8. The minimum absolute atomic E-state index is 0.119. The normalized spacial score (nSPS) is 16.7. The van der Waals surface area contributed by atoms with E-state index in [0.717, 1.165) is 18.2 Å². The second-order valence-electron chi connectivity index (χ2n) is 5.56. The molecule has 7 nitrogen and oxygen atoms in total. The largest absolute Gasteiger partial charge is 0.476 e. The lowest BCUT2D eigenvalue weighted by Crippen LogP contribution is -2.43. The number of hydrogen-bond donors (Lipinski definition) is 4. The van der Waals surface area contributed by atoms with Crippen LogP contribution in [0.15, 0.2) is 24.3 Å². The molecule has 0 saturated heterocycles. The van der Waals surface area contributed by atoms with E-state index in [1.807, 2.05) is 0 Å². The maximum Gasteiger partial charge on any atom is 0.416 e. The van der Waals surface area contributed by atoms with Gasteiger partial charge in [-0.3, -0.25) is 9.89 Å². The molecule has 2 aromatic rings. The van der Waals surface area contributed by atoms with E-state index in [1.165, 1.54) is 6.07 Å². The summed E-state index contributed by atoms with van der Waals surface area (Å²) in [6.45, 7) is 0.291. The molecule has 3 rings (SSSR count). The van der Waals surface area contributed by atoms with Gasteiger partial charge in [-0.1, -0.05) is 6.07 Å². The van der Waals surface area contributed by atoms with Crippen LogP contribution in [0.3, 0.4) is 0 Å². The van der Waals surface area contributed by atoms with Crippen molar-refractivity contribution in [3.63, 3.8) is 0 Å². The van der Waals surface area contributed by atoms with Gasteiger partial charge in [-0.2, -0.15) is 18.3 Å². The number of fused-ring (bicyclic) bond motifs is 1. The predicted molar refractivity (Wildman–Crippen MR) is 80.4 cm³/mol. The number of alkyl halides is 3. The number of benzene rings is 1. The lowest BCUT2D eigenvalue weighted by atomic mass is 10.0. The molecule has 0 saturated carbocycles. The third kappa shape index (κ3) is 3.42. The lowest BCUT2D eigenvalue weighted by Gasteiger charge is -2.24. The molecule has 10 heteroatoms. The van der Waals surface area contributed by atoms with Crippen LogP contribution >= 0.6 is 0 Å². The highest BCUT2D eigenvalue weighted by molar-refractivity contribution is 5.95. The number of aromatic carboxylic acids is 1. The highest BCUT2D eigenvalue weighted by Crippen LogP contribution is 2.29. The monoisotopic (exact) mass is 354 g/mol. The number of H-pyrrole nitrogens is 1. The Morgan fingerprint density at radius 1 is 1.32 bits per heavy atom. The second kappa shape index (κ2) is 6.11. The Morgan fingerprint density at radius 3 is 2.76 bits per heavy atom. The predicted octanol–water partition coefficient (Wildman–Crippen LogP) is 1.89. The molecule has 25 heavy (non-hydrogen) atoms. The van der Waals surface area contributed by atoms with E-state index in [9.17, 15) is 22.8 Å². The van der Waals surface area contributed by atoms with Gasteiger partial charge in [-0.05, 0) is 18.2 Å². The summed E-state index contributed by atoms with van der Waals surface area (Å²) in [5.74, 6) is -1.41. The molecule has 0 bridgehead atoms. The van der Waals surface area contributed by atoms with E-state index >= 15 is 0 Å². The zero-order chi connectivity index (χ0) is 18.2. The zero-order valence-electron chi connectivity index (χ0n) is 12.6. The molecule has 0 spiro atoms. The molecule has 132 valence electrons. The third-order valence-electron chi connectivity index (χ3n) is 3.83. The van der Waals surface area contributed by atoms with Crippen LogP contribution in [0.4, 0.5) is 19.0 Å². The van der Waals surface area contributed by atoms with Crippen LogP contribution in [0, 0.1) is 0 Å². The lowest BCUT2D eigenvalue weighted by molar-refractivity contribution is -0.137. The smallest absolute Gasteiger partial charge is 0.416 e. The molecular formula is C15H13F3N4O3. The SMILES string of the molecule is O=C(NC1CNc2[nH]nc(C(=O)O)c2C1)c1cccc(C(F)(F)F)c1. The van der Waals surface area contributed by atoms with Crippen molar-refractivity contribution in [2.45, 2.75) is 18.6 Å². The van der Waals surface area contributed by atoms with Gasteiger partial charge < -0.3 is 15.7 Å². The van der Waals surface area contributed by atoms with Crippen LogP contribution < -0.4 is 10.6 Å². The molecule has 4 N–H and O–H groups in total. The first-order valence-corrected chi connectivity index (χ1v) is 7.28. The van der Waals surface area contributed by atoms with E-state index in [4.69, 9.17) is 5.11 Å². The maximum atomic E-state index is 12.7. The maximum absolute atomic E-state index is 12.7. The van der Waals surface area contributed by atoms with Gasteiger partial charge in [0.2, 0.25) is 0 Å². The molecule has 0 radical (unpaired) electrons. The summed E-state index contributed by atoms with van der Waals surface area (Å²) < 4.78 is 38.2. The first-order chi connectivity index (χ1) is 11.8. The first-order valence-electron chi connectivity index (χ1n) is 7.28. The van der Waals surface area contributed by atoms with Crippen molar-refractivity contribution < 1.29 is 27.9 Å². The molecule has 1 aliphatic heterocycles. The van der Waals surface area contributed by atoms with E-state index in [-0.39, 0.29) is 17.7 Å². The summed E-state index contributed by atoms with van der Waals surface area (Å²) in [6.07, 6.45) is -4.34. The Balaban J connectivity index is 1.74. The number of anilines is 1. The van der Waals surface area contributed by atoms with Gasteiger partial charge in [0, 0.05) is 24.1 Å². The Labute approximate surface area is 139 Å². The van der Waals surface area contributed by atoms with Crippen molar-refractivity contribution >= 4 is 17.7 Å². The molecule has 1 amide bonds. The van der Waals surface area contributed by atoms with Crippen LogP contribution in [0.25, 0.3) is 0 Å². The summed E-state index contributed by atoms with van der Waals surface area (Å²) in [5.41, 5.74) is -0.771. The highest BCUT2D eigenvalue weighted by Gasteiger charge is 2.31. The highest BCUT2D eigenvalue weighted by atomic mass is 19.4. The number of nitrogens with zero attached hydrogens (tertiary/aromatic N) is 1. The van der Waals surface area contributed by atoms with Gasteiger partial charge in [-0.25, -0.2) is 4.79 Å². The average Bonchev–Trinajstić information content (AvgIpc) is 2.97. The molecule has 2 heterocycles. The number of carboxylic acid groups (broad SMARTS) is 1. The number of nitrogens with one attached hydrogen (secondary N) is 3. The van der Waals surface area contributed by atoms with Gasteiger partial charge in [0.1, 0.15) is 5.82 Å². The Bertz CT molecular complexity index is 832. The van der Waals surface area contributed by atoms with E-state index < -0.39 is 29.7 Å². The zero-order valence-corrected chi connectivity index (χ0v) is 12.6. The van der Waals surface area contributed by atoms with Crippen molar-refractivity contribution in [3.05, 3.63) is 46.6 Å². The fourth-order valence-electron chi connectivity index (χ4n) is 2.64. The average molecular weight is 354 g/mol. The van der Waals surface area contributed by atoms with Gasteiger partial charge >= 0.3 is 12.1 Å². The standard InChI is InChI=1S/C15H13F3N4O3/c16-15(17,18)8-3-1-2-7(4-8)13(23)20-9-5-10-11(14(24)25)21-22-12(10)19-6-9/h1-4,9H,5-6H2,(H,20,23)(H,24,25)(H2,19,21,22). The third-order valence-corrected chi connectivity index (χ3v) is 3.83. The van der Waals surface area contributed by atoms with E-state index in [0.29, 0.717) is 17.9 Å². The number of hydrogen-bond acceptors (Lipinski definition) is 4. The second-order valence-corrected chi connectivity index (χ2v) is 5.56. The van der Waals surface area contributed by atoms with Crippen molar-refractivity contribution in [3.8, 4) is 0 Å². The summed E-state index contributed by atoms with van der Waals surface area (Å²) in [6, 6.07) is 3.62. The fourth-order valence-corrected chi connectivity index (χ4v) is 2.64. The van der Waals surface area contributed by atoms with E-state index in [2.05, 4.69) is 20.8 Å². The van der Waals surface area contributed by atoms with Gasteiger partial charge in [-0.15, -0.1) is 0 Å². The summed E-state index contributed by atoms with van der Waals surface area (Å²) in [5, 5.41) is 20.8. The molecule has 1 aromatic carbocycles. The fraction of sp³-hybridized carbons (Fsp3) is 0.267. The van der Waals surface area contributed by atoms with Crippen molar-refractivity contribution in [2.75, 3.05) is 11.9 Å². The van der Waals surface area contributed by atoms with Gasteiger partial charge in [0.05, 0.1) is 11.6 Å². The number of carbonyl (C=O) groups excluding carboxylic acids is 1. The van der Waals surface area contributed by atoms with Crippen molar-refractivity contribution in [1.82, 2.24) is 15.5 Å². The molecule has 1 aliphatic rings. The Hall–Kier alpha value is -3.04. The van der Waals surface area contributed by atoms with Crippen LogP contribution in [0.2, 0.25) is 0 Å². The molecule has 0 fully saturated rings. The van der Waals surface area contributed by atoms with Crippen LogP contribution in [0.5, 0.6) is 0 Å². The number of carbonyl (C=O) groups is 2. The van der Waals surface area contributed by atoms with Crippen LogP contribution in [0.1, 0.15) is 32.0 Å². The number of aromatic nitrogens is 2. The minimum atomic E-state index is -4.54. The number of carboxylic acids is 1. The van der Waals surface area contributed by atoms with Crippen molar-refractivity contribution in [1.29, 1.82) is 0 Å².